The summed E-state index contributed by atoms with van der Waals surface area (Å²) in [5.74, 6) is 0.123. The van der Waals surface area contributed by atoms with E-state index >= 15 is 0 Å². The number of nitrogens with zero attached hydrogens (tertiary/aromatic N) is 4. The first-order valence-electron chi connectivity index (χ1n) is 18.9. The molecule has 5 aromatic rings. The van der Waals surface area contributed by atoms with Gasteiger partial charge in [-0.3, -0.25) is 9.59 Å². The molecule has 0 unspecified atom stereocenters. The fourth-order valence-electron chi connectivity index (χ4n) is 7.90. The highest BCUT2D eigenvalue weighted by Gasteiger charge is 2.22. The molecule has 2 aliphatic heterocycles. The Morgan fingerprint density at radius 3 is 1.63 bits per heavy atom. The standard InChI is InChI=1S/C25H31N3O.C18H25N3O/c1-19-5-3-4-6-21(19)9-13-27-14-11-23(12-15-27)28-16-10-22-8-7-20(17-24(22)28)18-25(29)26-2;1-3-20-9-7-16(8-10-20)21-11-6-15-5-4-14(12-17(15)21)13-18(22)19-2/h3-8,10,16-17,23H,9,11-15,18H2,1-2H3,(H,26,29);4-6,11-12,16H,3,7-10,13H2,1-2H3,(H,19,22). The number of hydrogen-bond donors (Lipinski definition) is 2. The van der Waals surface area contributed by atoms with Gasteiger partial charge in [0.15, 0.2) is 0 Å². The fourth-order valence-corrected chi connectivity index (χ4v) is 7.90. The molecule has 0 radical (unpaired) electrons. The van der Waals surface area contributed by atoms with E-state index in [4.69, 9.17) is 0 Å². The van der Waals surface area contributed by atoms with Gasteiger partial charge in [-0.1, -0.05) is 55.5 Å². The summed E-state index contributed by atoms with van der Waals surface area (Å²) in [7, 11) is 3.38. The van der Waals surface area contributed by atoms with Gasteiger partial charge in [-0.15, -0.1) is 0 Å². The highest BCUT2D eigenvalue weighted by Crippen LogP contribution is 2.30. The number of fused-ring (bicyclic) bond motifs is 2. The van der Waals surface area contributed by atoms with Gasteiger partial charge in [-0.25, -0.2) is 0 Å². The minimum Gasteiger partial charge on any atom is -0.359 e. The van der Waals surface area contributed by atoms with Crippen molar-refractivity contribution in [3.05, 3.63) is 107 Å². The lowest BCUT2D eigenvalue weighted by molar-refractivity contribution is -0.120. The van der Waals surface area contributed by atoms with Crippen molar-refractivity contribution in [2.45, 2.75) is 70.9 Å². The van der Waals surface area contributed by atoms with Gasteiger partial charge < -0.3 is 29.6 Å². The van der Waals surface area contributed by atoms with Gasteiger partial charge >= 0.3 is 0 Å². The minimum absolute atomic E-state index is 0.0596. The molecule has 2 fully saturated rings. The van der Waals surface area contributed by atoms with Gasteiger partial charge in [0.05, 0.1) is 12.8 Å². The van der Waals surface area contributed by atoms with E-state index in [0.29, 0.717) is 24.9 Å². The maximum absolute atomic E-state index is 11.7. The molecule has 0 saturated carbocycles. The second-order valence-electron chi connectivity index (χ2n) is 14.3. The van der Waals surface area contributed by atoms with Crippen LogP contribution in [0.25, 0.3) is 21.8 Å². The van der Waals surface area contributed by atoms with Crippen LogP contribution in [0.1, 0.15) is 66.9 Å². The van der Waals surface area contributed by atoms with Crippen molar-refractivity contribution < 1.29 is 9.59 Å². The van der Waals surface area contributed by atoms with E-state index in [2.05, 4.69) is 129 Å². The van der Waals surface area contributed by atoms with Gasteiger partial charge in [0, 0.05) is 82.3 Å². The topological polar surface area (TPSA) is 74.5 Å². The van der Waals surface area contributed by atoms with Gasteiger partial charge in [-0.05, 0) is 103 Å². The molecule has 0 atom stereocenters. The number of likely N-dealkylation sites (tertiary alicyclic amines) is 2. The van der Waals surface area contributed by atoms with E-state index in [1.807, 2.05) is 0 Å². The maximum atomic E-state index is 11.7. The molecule has 7 rings (SSSR count). The third-order valence-corrected chi connectivity index (χ3v) is 11.2. The first-order chi connectivity index (χ1) is 24.8. The summed E-state index contributed by atoms with van der Waals surface area (Å²) in [6.45, 7) is 11.4. The number of nitrogens with one attached hydrogen (secondary N) is 2. The largest absolute Gasteiger partial charge is 0.359 e. The zero-order valence-electron chi connectivity index (χ0n) is 31.0. The summed E-state index contributed by atoms with van der Waals surface area (Å²) in [6.07, 6.45) is 11.2. The average molecular weight is 689 g/mol. The lowest BCUT2D eigenvalue weighted by atomic mass is 10.0. The van der Waals surface area contributed by atoms with E-state index < -0.39 is 0 Å². The molecule has 2 amide bonds. The Morgan fingerprint density at radius 2 is 1.16 bits per heavy atom. The average Bonchev–Trinajstić information content (AvgIpc) is 3.79. The number of likely N-dealkylation sites (N-methyl/N-ethyl adjacent to an activating group) is 2. The summed E-state index contributed by atoms with van der Waals surface area (Å²) in [5.41, 5.74) is 7.54. The van der Waals surface area contributed by atoms with E-state index in [9.17, 15) is 9.59 Å². The van der Waals surface area contributed by atoms with Crippen molar-refractivity contribution in [1.29, 1.82) is 0 Å². The Labute approximate surface area is 303 Å². The number of aryl methyl sites for hydroxylation is 1. The van der Waals surface area contributed by atoms with Crippen LogP contribution in [0, 0.1) is 6.92 Å². The second-order valence-corrected chi connectivity index (χ2v) is 14.3. The third-order valence-electron chi connectivity index (χ3n) is 11.2. The van der Waals surface area contributed by atoms with Crippen LogP contribution in [-0.4, -0.2) is 84.1 Å². The molecule has 3 aromatic carbocycles. The van der Waals surface area contributed by atoms with E-state index in [0.717, 1.165) is 43.7 Å². The molecule has 4 heterocycles. The van der Waals surface area contributed by atoms with Crippen molar-refractivity contribution in [3.8, 4) is 0 Å². The van der Waals surface area contributed by atoms with E-state index in [1.54, 1.807) is 14.1 Å². The zero-order valence-corrected chi connectivity index (χ0v) is 31.0. The number of benzene rings is 3. The predicted molar refractivity (Wildman–Crippen MR) is 209 cm³/mol. The molecule has 2 aliphatic rings. The Bertz CT molecular complexity index is 1910. The van der Waals surface area contributed by atoms with Crippen molar-refractivity contribution in [2.75, 3.05) is 53.4 Å². The molecular formula is C43H56N6O2. The van der Waals surface area contributed by atoms with Gasteiger partial charge in [-0.2, -0.15) is 0 Å². The number of piperidine rings is 2. The Morgan fingerprint density at radius 1 is 0.667 bits per heavy atom. The van der Waals surface area contributed by atoms with Crippen LogP contribution in [0.2, 0.25) is 0 Å². The minimum atomic E-state index is 0.0596. The zero-order chi connectivity index (χ0) is 35.7. The van der Waals surface area contributed by atoms with Crippen LogP contribution in [-0.2, 0) is 28.9 Å². The molecule has 2 N–H and O–H groups in total. The Kier molecular flexibility index (Phi) is 12.3. The van der Waals surface area contributed by atoms with Crippen LogP contribution in [0.3, 0.4) is 0 Å². The monoisotopic (exact) mass is 688 g/mol. The SMILES string of the molecule is CCN1CCC(n2ccc3ccc(CC(=O)NC)cc32)CC1.CNC(=O)Cc1ccc2ccn(C3CCN(CCc4ccccc4C)CC3)c2c1. The summed E-state index contributed by atoms with van der Waals surface area (Å²) in [4.78, 5) is 28.4. The Balaban J connectivity index is 0.000000183. The number of amides is 2. The van der Waals surface area contributed by atoms with Crippen molar-refractivity contribution >= 4 is 33.6 Å². The molecular weight excluding hydrogens is 633 g/mol. The number of carbonyl (C=O) groups excluding carboxylic acids is 2. The first kappa shape index (κ1) is 36.4. The van der Waals surface area contributed by atoms with Crippen LogP contribution >= 0.6 is 0 Å². The highest BCUT2D eigenvalue weighted by molar-refractivity contribution is 5.85. The van der Waals surface area contributed by atoms with Crippen molar-refractivity contribution in [2.24, 2.45) is 0 Å². The van der Waals surface area contributed by atoms with E-state index in [1.165, 1.54) is 71.7 Å². The van der Waals surface area contributed by atoms with Crippen molar-refractivity contribution in [3.63, 3.8) is 0 Å². The number of hydrogen-bond acceptors (Lipinski definition) is 4. The van der Waals surface area contributed by atoms with Crippen LogP contribution in [0.5, 0.6) is 0 Å². The lowest BCUT2D eigenvalue weighted by Gasteiger charge is -2.33. The van der Waals surface area contributed by atoms with Crippen LogP contribution in [0.4, 0.5) is 0 Å². The summed E-state index contributed by atoms with van der Waals surface area (Å²) in [6, 6.07) is 27.0. The molecule has 8 nitrogen and oxygen atoms in total. The number of rotatable bonds is 10. The first-order valence-corrected chi connectivity index (χ1v) is 18.9. The van der Waals surface area contributed by atoms with E-state index in [-0.39, 0.29) is 11.8 Å². The Hall–Kier alpha value is -4.40. The van der Waals surface area contributed by atoms with Gasteiger partial charge in [0.25, 0.3) is 0 Å². The molecule has 2 aromatic heterocycles. The molecule has 2 saturated heterocycles. The number of aromatic nitrogens is 2. The molecule has 0 bridgehead atoms. The second kappa shape index (κ2) is 17.2. The smallest absolute Gasteiger partial charge is 0.224 e. The van der Waals surface area contributed by atoms with Crippen LogP contribution < -0.4 is 10.6 Å². The molecule has 270 valence electrons. The molecule has 51 heavy (non-hydrogen) atoms. The number of carbonyl (C=O) groups is 2. The van der Waals surface area contributed by atoms with Crippen molar-refractivity contribution in [1.82, 2.24) is 29.6 Å². The predicted octanol–water partition coefficient (Wildman–Crippen LogP) is 6.70. The van der Waals surface area contributed by atoms with Gasteiger partial charge in [0.2, 0.25) is 11.8 Å². The normalized spacial score (nSPS) is 16.2. The summed E-state index contributed by atoms with van der Waals surface area (Å²) < 4.78 is 4.84. The lowest BCUT2D eigenvalue weighted by Crippen LogP contribution is -2.35. The summed E-state index contributed by atoms with van der Waals surface area (Å²) >= 11 is 0. The maximum Gasteiger partial charge on any atom is 0.224 e. The van der Waals surface area contributed by atoms with Gasteiger partial charge in [0.1, 0.15) is 0 Å². The molecule has 0 aliphatic carbocycles. The van der Waals surface area contributed by atoms with Crippen LogP contribution in [0.15, 0.2) is 85.2 Å². The molecule has 0 spiro atoms. The molecule has 8 heteroatoms. The fraction of sp³-hybridized carbons (Fsp3) is 0.442. The quantitative estimate of drug-likeness (QED) is 0.171. The summed E-state index contributed by atoms with van der Waals surface area (Å²) in [5, 5.41) is 7.93. The third kappa shape index (κ3) is 9.10. The highest BCUT2D eigenvalue weighted by atomic mass is 16.2.